The van der Waals surface area contributed by atoms with Crippen molar-refractivity contribution in [1.82, 2.24) is 15.3 Å². The van der Waals surface area contributed by atoms with Crippen LogP contribution in [-0.2, 0) is 12.8 Å². The fourth-order valence-electron chi connectivity index (χ4n) is 3.19. The van der Waals surface area contributed by atoms with E-state index in [-0.39, 0.29) is 12.4 Å². The monoisotopic (exact) mass is 310 g/mol. The van der Waals surface area contributed by atoms with Crippen molar-refractivity contribution < 1.29 is 0 Å². The molecule has 1 aliphatic heterocycles. The van der Waals surface area contributed by atoms with Crippen molar-refractivity contribution >= 4 is 39.8 Å². The summed E-state index contributed by atoms with van der Waals surface area (Å²) in [7, 11) is 0. The molecule has 0 atom stereocenters. The Bertz CT molecular complexity index is 606. The minimum absolute atomic E-state index is 0. The molecular formula is C14H19ClN4S. The van der Waals surface area contributed by atoms with Crippen LogP contribution >= 0.6 is 23.7 Å². The highest BCUT2D eigenvalue weighted by molar-refractivity contribution is 7.19. The van der Waals surface area contributed by atoms with Gasteiger partial charge in [0, 0.05) is 31.1 Å². The molecule has 3 heterocycles. The molecule has 1 aliphatic carbocycles. The van der Waals surface area contributed by atoms with Crippen LogP contribution in [0.15, 0.2) is 6.33 Å². The van der Waals surface area contributed by atoms with Crippen molar-refractivity contribution in [2.24, 2.45) is 0 Å². The van der Waals surface area contributed by atoms with Crippen LogP contribution in [0.3, 0.4) is 0 Å². The van der Waals surface area contributed by atoms with Gasteiger partial charge in [0.15, 0.2) is 0 Å². The topological polar surface area (TPSA) is 41.1 Å². The van der Waals surface area contributed by atoms with E-state index in [9.17, 15) is 0 Å². The molecule has 0 aromatic carbocycles. The van der Waals surface area contributed by atoms with E-state index in [1.54, 1.807) is 16.8 Å². The van der Waals surface area contributed by atoms with Crippen LogP contribution in [-0.4, -0.2) is 36.1 Å². The van der Waals surface area contributed by atoms with Gasteiger partial charge in [-0.3, -0.25) is 0 Å². The summed E-state index contributed by atoms with van der Waals surface area (Å²) in [4.78, 5) is 14.3. The number of nitrogens with one attached hydrogen (secondary N) is 1. The molecule has 4 nitrogen and oxygen atoms in total. The molecular weight excluding hydrogens is 292 g/mol. The maximum atomic E-state index is 4.60. The number of anilines is 1. The van der Waals surface area contributed by atoms with Crippen molar-refractivity contribution in [3.63, 3.8) is 0 Å². The zero-order valence-electron chi connectivity index (χ0n) is 11.4. The summed E-state index contributed by atoms with van der Waals surface area (Å²) in [6, 6.07) is 0. The van der Waals surface area contributed by atoms with E-state index in [1.165, 1.54) is 41.7 Å². The molecule has 1 saturated heterocycles. The lowest BCUT2D eigenvalue weighted by Gasteiger charge is -2.29. The van der Waals surface area contributed by atoms with Gasteiger partial charge in [-0.05, 0) is 31.2 Å². The molecule has 2 aromatic rings. The maximum Gasteiger partial charge on any atom is 0.141 e. The smallest absolute Gasteiger partial charge is 0.141 e. The zero-order valence-corrected chi connectivity index (χ0v) is 13.0. The highest BCUT2D eigenvalue weighted by Gasteiger charge is 2.22. The number of thiophene rings is 1. The third-order valence-electron chi connectivity index (χ3n) is 4.15. The van der Waals surface area contributed by atoms with Crippen LogP contribution in [0.5, 0.6) is 0 Å². The molecule has 2 aliphatic rings. The number of hydrogen-bond donors (Lipinski definition) is 1. The second-order valence-electron chi connectivity index (χ2n) is 5.33. The molecule has 0 radical (unpaired) electrons. The molecule has 0 unspecified atom stereocenters. The van der Waals surface area contributed by atoms with Crippen LogP contribution in [0, 0.1) is 0 Å². The Morgan fingerprint density at radius 3 is 2.75 bits per heavy atom. The van der Waals surface area contributed by atoms with Crippen LogP contribution in [0.4, 0.5) is 5.82 Å². The Morgan fingerprint density at radius 2 is 1.90 bits per heavy atom. The summed E-state index contributed by atoms with van der Waals surface area (Å²) in [6.45, 7) is 4.21. The molecule has 4 rings (SSSR count). The molecule has 0 spiro atoms. The van der Waals surface area contributed by atoms with Gasteiger partial charge in [0.2, 0.25) is 0 Å². The number of fused-ring (bicyclic) bond motifs is 3. The summed E-state index contributed by atoms with van der Waals surface area (Å²) in [5.74, 6) is 1.17. The lowest BCUT2D eigenvalue weighted by Crippen LogP contribution is -2.44. The number of piperazine rings is 1. The molecule has 1 N–H and O–H groups in total. The first-order valence-corrected chi connectivity index (χ1v) is 7.96. The highest BCUT2D eigenvalue weighted by atomic mass is 35.5. The Kier molecular flexibility index (Phi) is 4.10. The van der Waals surface area contributed by atoms with Gasteiger partial charge < -0.3 is 10.2 Å². The molecule has 0 saturated carbocycles. The Balaban J connectivity index is 0.00000121. The Morgan fingerprint density at radius 1 is 1.10 bits per heavy atom. The second kappa shape index (κ2) is 5.84. The minimum atomic E-state index is 0. The van der Waals surface area contributed by atoms with E-state index in [0.717, 1.165) is 26.2 Å². The van der Waals surface area contributed by atoms with Gasteiger partial charge >= 0.3 is 0 Å². The van der Waals surface area contributed by atoms with Gasteiger partial charge in [0.25, 0.3) is 0 Å². The largest absolute Gasteiger partial charge is 0.353 e. The normalized spacial score (nSPS) is 18.7. The first-order valence-electron chi connectivity index (χ1n) is 7.14. The summed E-state index contributed by atoms with van der Waals surface area (Å²) >= 11 is 1.88. The van der Waals surface area contributed by atoms with E-state index >= 15 is 0 Å². The predicted octanol–water partition coefficient (Wildman–Crippen LogP) is 2.40. The van der Waals surface area contributed by atoms with Crippen LogP contribution in [0.1, 0.15) is 23.3 Å². The zero-order chi connectivity index (χ0) is 12.7. The molecule has 6 heteroatoms. The van der Waals surface area contributed by atoms with Gasteiger partial charge in [0.05, 0.1) is 5.39 Å². The van der Waals surface area contributed by atoms with Gasteiger partial charge in [0.1, 0.15) is 17.0 Å². The fourth-order valence-corrected chi connectivity index (χ4v) is 4.41. The second-order valence-corrected chi connectivity index (χ2v) is 6.41. The standard InChI is InChI=1S/C14H18N4S.ClH/c1-2-4-11-10(3-1)12-13(16-9-17-14(12)19-11)18-7-5-15-6-8-18;/h9,15H,1-8H2;1H. The minimum Gasteiger partial charge on any atom is -0.353 e. The highest BCUT2D eigenvalue weighted by Crippen LogP contribution is 2.39. The number of aryl methyl sites for hydroxylation is 2. The van der Waals surface area contributed by atoms with Crippen molar-refractivity contribution in [3.8, 4) is 0 Å². The number of aromatic nitrogens is 2. The van der Waals surface area contributed by atoms with Crippen molar-refractivity contribution in [2.75, 3.05) is 31.1 Å². The van der Waals surface area contributed by atoms with Gasteiger partial charge in [-0.1, -0.05) is 0 Å². The van der Waals surface area contributed by atoms with E-state index in [0.29, 0.717) is 0 Å². The lowest BCUT2D eigenvalue weighted by atomic mass is 9.97. The third-order valence-corrected chi connectivity index (χ3v) is 5.35. The van der Waals surface area contributed by atoms with Crippen LogP contribution < -0.4 is 10.2 Å². The first-order chi connectivity index (χ1) is 9.43. The molecule has 108 valence electrons. The average Bonchev–Trinajstić information content (AvgIpc) is 2.86. The molecule has 20 heavy (non-hydrogen) atoms. The summed E-state index contributed by atoms with van der Waals surface area (Å²) in [5.41, 5.74) is 1.54. The number of nitrogens with zero attached hydrogens (tertiary/aromatic N) is 3. The molecule has 0 amide bonds. The molecule has 0 bridgehead atoms. The van der Waals surface area contributed by atoms with Gasteiger partial charge in [-0.15, -0.1) is 23.7 Å². The van der Waals surface area contributed by atoms with Crippen LogP contribution in [0.25, 0.3) is 10.2 Å². The SMILES string of the molecule is Cl.c1nc(N2CCNCC2)c2c3c(sc2n1)CCCC3. The van der Waals surface area contributed by atoms with Crippen molar-refractivity contribution in [2.45, 2.75) is 25.7 Å². The molecule has 1 fully saturated rings. The molecule has 2 aromatic heterocycles. The van der Waals surface area contributed by atoms with E-state index in [4.69, 9.17) is 0 Å². The van der Waals surface area contributed by atoms with Gasteiger partial charge in [-0.2, -0.15) is 0 Å². The van der Waals surface area contributed by atoms with E-state index in [1.807, 2.05) is 11.3 Å². The van der Waals surface area contributed by atoms with E-state index in [2.05, 4.69) is 20.2 Å². The first kappa shape index (κ1) is 14.0. The van der Waals surface area contributed by atoms with Gasteiger partial charge in [-0.25, -0.2) is 9.97 Å². The average molecular weight is 311 g/mol. The third kappa shape index (κ3) is 2.28. The lowest BCUT2D eigenvalue weighted by molar-refractivity contribution is 0.586. The number of halogens is 1. The number of hydrogen-bond acceptors (Lipinski definition) is 5. The van der Waals surface area contributed by atoms with E-state index < -0.39 is 0 Å². The summed E-state index contributed by atoms with van der Waals surface area (Å²) in [6.07, 6.45) is 6.83. The summed E-state index contributed by atoms with van der Waals surface area (Å²) in [5, 5.41) is 4.76. The quantitative estimate of drug-likeness (QED) is 0.878. The summed E-state index contributed by atoms with van der Waals surface area (Å²) < 4.78 is 0. The predicted molar refractivity (Wildman–Crippen MR) is 86.4 cm³/mol. The Hall–Kier alpha value is -0.910. The maximum absolute atomic E-state index is 4.60. The Labute approximate surface area is 129 Å². The number of rotatable bonds is 1. The van der Waals surface area contributed by atoms with Crippen molar-refractivity contribution in [1.29, 1.82) is 0 Å². The fraction of sp³-hybridized carbons (Fsp3) is 0.571. The van der Waals surface area contributed by atoms with Crippen LogP contribution in [0.2, 0.25) is 0 Å². The van der Waals surface area contributed by atoms with Crippen molar-refractivity contribution in [3.05, 3.63) is 16.8 Å².